The third kappa shape index (κ3) is 2.81. The standard InChI is InChI=1S/C13H23NO/c1-10(11-7-8-11)14(2)9-13(15)12-5-3-4-6-12/h10-12H,3-9H2,1-2H3. The molecule has 86 valence electrons. The van der Waals surface area contributed by atoms with Gasteiger partial charge in [0.15, 0.2) is 0 Å². The lowest BCUT2D eigenvalue weighted by atomic mass is 10.0. The van der Waals surface area contributed by atoms with Gasteiger partial charge in [0.1, 0.15) is 5.78 Å². The van der Waals surface area contributed by atoms with Crippen LogP contribution in [0.2, 0.25) is 0 Å². The molecule has 2 fully saturated rings. The minimum atomic E-state index is 0.388. The van der Waals surface area contributed by atoms with Gasteiger partial charge >= 0.3 is 0 Å². The number of nitrogens with zero attached hydrogens (tertiary/aromatic N) is 1. The van der Waals surface area contributed by atoms with Gasteiger partial charge in [-0.2, -0.15) is 0 Å². The molecule has 0 heterocycles. The average molecular weight is 209 g/mol. The van der Waals surface area contributed by atoms with Crippen LogP contribution in [0.5, 0.6) is 0 Å². The van der Waals surface area contributed by atoms with Crippen molar-refractivity contribution in [3.05, 3.63) is 0 Å². The zero-order chi connectivity index (χ0) is 10.8. The van der Waals surface area contributed by atoms with Crippen LogP contribution in [-0.4, -0.2) is 30.3 Å². The lowest BCUT2D eigenvalue weighted by molar-refractivity contribution is -0.124. The zero-order valence-electron chi connectivity index (χ0n) is 10.0. The van der Waals surface area contributed by atoms with E-state index in [1.807, 2.05) is 0 Å². The smallest absolute Gasteiger partial charge is 0.149 e. The molecule has 1 unspecified atom stereocenters. The molecule has 0 saturated heterocycles. The first-order chi connectivity index (χ1) is 7.18. The van der Waals surface area contributed by atoms with Crippen LogP contribution in [0.3, 0.4) is 0 Å². The summed E-state index contributed by atoms with van der Waals surface area (Å²) < 4.78 is 0. The molecule has 0 aromatic rings. The molecule has 0 aliphatic heterocycles. The van der Waals surface area contributed by atoms with Crippen LogP contribution >= 0.6 is 0 Å². The lowest BCUT2D eigenvalue weighted by Crippen LogP contribution is -2.37. The summed E-state index contributed by atoms with van der Waals surface area (Å²) in [6, 6.07) is 0.607. The van der Waals surface area contributed by atoms with Gasteiger partial charge in [-0.25, -0.2) is 0 Å². The number of carbonyl (C=O) groups excluding carboxylic acids is 1. The van der Waals surface area contributed by atoms with Gasteiger partial charge in [0.25, 0.3) is 0 Å². The van der Waals surface area contributed by atoms with Crippen LogP contribution < -0.4 is 0 Å². The minimum absolute atomic E-state index is 0.388. The Balaban J connectivity index is 1.76. The fraction of sp³-hybridized carbons (Fsp3) is 0.923. The fourth-order valence-corrected chi connectivity index (χ4v) is 2.71. The van der Waals surface area contributed by atoms with E-state index in [0.29, 0.717) is 24.3 Å². The molecule has 0 aromatic carbocycles. The largest absolute Gasteiger partial charge is 0.298 e. The molecule has 2 nitrogen and oxygen atoms in total. The molecule has 2 rings (SSSR count). The Morgan fingerprint density at radius 2 is 1.87 bits per heavy atom. The van der Waals surface area contributed by atoms with E-state index in [-0.39, 0.29) is 0 Å². The first-order valence-electron chi connectivity index (χ1n) is 6.41. The molecule has 2 heteroatoms. The van der Waals surface area contributed by atoms with Crippen LogP contribution in [0.25, 0.3) is 0 Å². The van der Waals surface area contributed by atoms with Gasteiger partial charge in [0.2, 0.25) is 0 Å². The molecule has 0 aromatic heterocycles. The van der Waals surface area contributed by atoms with Crippen LogP contribution in [0, 0.1) is 11.8 Å². The van der Waals surface area contributed by atoms with Crippen molar-refractivity contribution in [2.24, 2.45) is 11.8 Å². The van der Waals surface area contributed by atoms with Gasteiger partial charge in [-0.05, 0) is 45.6 Å². The number of hydrogen-bond acceptors (Lipinski definition) is 2. The summed E-state index contributed by atoms with van der Waals surface area (Å²) in [5, 5.41) is 0. The Morgan fingerprint density at radius 1 is 1.27 bits per heavy atom. The number of ketones is 1. The molecular weight excluding hydrogens is 186 g/mol. The molecule has 2 saturated carbocycles. The van der Waals surface area contributed by atoms with Crippen molar-refractivity contribution < 1.29 is 4.79 Å². The molecule has 0 bridgehead atoms. The Morgan fingerprint density at radius 3 is 2.40 bits per heavy atom. The summed E-state index contributed by atoms with van der Waals surface area (Å²) in [4.78, 5) is 14.2. The molecule has 1 atom stereocenters. The first kappa shape index (κ1) is 11.1. The molecule has 0 N–H and O–H groups in total. The van der Waals surface area contributed by atoms with Crippen molar-refractivity contribution in [2.75, 3.05) is 13.6 Å². The fourth-order valence-electron chi connectivity index (χ4n) is 2.71. The lowest BCUT2D eigenvalue weighted by Gasteiger charge is -2.24. The summed E-state index contributed by atoms with van der Waals surface area (Å²) >= 11 is 0. The molecule has 2 aliphatic rings. The second kappa shape index (κ2) is 4.65. The Bertz CT molecular complexity index is 229. The monoisotopic (exact) mass is 209 g/mol. The SMILES string of the molecule is CC(C1CC1)N(C)CC(=O)C1CCCC1. The highest BCUT2D eigenvalue weighted by atomic mass is 16.1. The van der Waals surface area contributed by atoms with E-state index in [0.717, 1.165) is 18.8 Å². The summed E-state index contributed by atoms with van der Waals surface area (Å²) in [5.41, 5.74) is 0. The van der Waals surface area contributed by atoms with Crippen molar-refractivity contribution in [3.8, 4) is 0 Å². The average Bonchev–Trinajstić information content (AvgIpc) is 2.91. The third-order valence-corrected chi connectivity index (χ3v) is 4.22. The molecule has 2 aliphatic carbocycles. The van der Waals surface area contributed by atoms with Crippen molar-refractivity contribution >= 4 is 5.78 Å². The first-order valence-corrected chi connectivity index (χ1v) is 6.41. The van der Waals surface area contributed by atoms with Crippen LogP contribution in [0.4, 0.5) is 0 Å². The van der Waals surface area contributed by atoms with Gasteiger partial charge in [-0.1, -0.05) is 12.8 Å². The highest BCUT2D eigenvalue weighted by Gasteiger charge is 2.32. The number of hydrogen-bond donors (Lipinski definition) is 0. The maximum atomic E-state index is 12.0. The maximum absolute atomic E-state index is 12.0. The second-order valence-corrected chi connectivity index (χ2v) is 5.44. The van der Waals surface area contributed by atoms with Crippen LogP contribution in [-0.2, 0) is 4.79 Å². The Labute approximate surface area is 93.0 Å². The summed E-state index contributed by atoms with van der Waals surface area (Å²) in [7, 11) is 2.11. The summed E-state index contributed by atoms with van der Waals surface area (Å²) in [6.07, 6.45) is 7.54. The number of rotatable bonds is 5. The van der Waals surface area contributed by atoms with Crippen LogP contribution in [0.15, 0.2) is 0 Å². The van der Waals surface area contributed by atoms with Gasteiger partial charge in [0.05, 0.1) is 6.54 Å². The second-order valence-electron chi connectivity index (χ2n) is 5.44. The van der Waals surface area contributed by atoms with Gasteiger partial charge in [-0.15, -0.1) is 0 Å². The summed E-state index contributed by atoms with van der Waals surface area (Å²) in [5.74, 6) is 1.74. The van der Waals surface area contributed by atoms with E-state index in [2.05, 4.69) is 18.9 Å². The summed E-state index contributed by atoms with van der Waals surface area (Å²) in [6.45, 7) is 2.95. The third-order valence-electron chi connectivity index (χ3n) is 4.22. The highest BCUT2D eigenvalue weighted by molar-refractivity contribution is 5.83. The van der Waals surface area contributed by atoms with Crippen molar-refractivity contribution in [1.29, 1.82) is 0 Å². The topological polar surface area (TPSA) is 20.3 Å². The zero-order valence-corrected chi connectivity index (χ0v) is 10.0. The highest BCUT2D eigenvalue weighted by Crippen LogP contribution is 2.35. The predicted octanol–water partition coefficient (Wildman–Crippen LogP) is 2.48. The van der Waals surface area contributed by atoms with E-state index in [9.17, 15) is 4.79 Å². The molecular formula is C13H23NO. The van der Waals surface area contributed by atoms with E-state index in [1.54, 1.807) is 0 Å². The molecule has 0 spiro atoms. The predicted molar refractivity (Wildman–Crippen MR) is 61.8 cm³/mol. The van der Waals surface area contributed by atoms with Gasteiger partial charge < -0.3 is 0 Å². The minimum Gasteiger partial charge on any atom is -0.298 e. The van der Waals surface area contributed by atoms with Gasteiger partial charge in [0, 0.05) is 12.0 Å². The van der Waals surface area contributed by atoms with E-state index < -0.39 is 0 Å². The van der Waals surface area contributed by atoms with Crippen molar-refractivity contribution in [2.45, 2.75) is 51.5 Å². The number of carbonyl (C=O) groups is 1. The maximum Gasteiger partial charge on any atom is 0.149 e. The molecule has 15 heavy (non-hydrogen) atoms. The molecule has 0 radical (unpaired) electrons. The number of likely N-dealkylation sites (N-methyl/N-ethyl adjacent to an activating group) is 1. The quantitative estimate of drug-likeness (QED) is 0.693. The Kier molecular flexibility index (Phi) is 3.45. The van der Waals surface area contributed by atoms with Crippen molar-refractivity contribution in [3.63, 3.8) is 0 Å². The number of Topliss-reactive ketones (excluding diaryl/α,β-unsaturated/α-hetero) is 1. The van der Waals surface area contributed by atoms with E-state index >= 15 is 0 Å². The Hall–Kier alpha value is -0.370. The van der Waals surface area contributed by atoms with E-state index in [1.165, 1.54) is 25.7 Å². The van der Waals surface area contributed by atoms with Crippen LogP contribution in [0.1, 0.15) is 45.4 Å². The van der Waals surface area contributed by atoms with Crippen molar-refractivity contribution in [1.82, 2.24) is 4.90 Å². The normalized spacial score (nSPS) is 24.7. The van der Waals surface area contributed by atoms with E-state index in [4.69, 9.17) is 0 Å². The van der Waals surface area contributed by atoms with Gasteiger partial charge in [-0.3, -0.25) is 9.69 Å². The molecule has 0 amide bonds.